The van der Waals surface area contributed by atoms with Gasteiger partial charge in [-0.05, 0) is 25.8 Å². The minimum Gasteiger partial charge on any atom is -0.478 e. The molecule has 7 heteroatoms. The Morgan fingerprint density at radius 2 is 2.05 bits per heavy atom. The van der Waals surface area contributed by atoms with E-state index in [0.29, 0.717) is 5.76 Å². The van der Waals surface area contributed by atoms with Crippen LogP contribution in [-0.4, -0.2) is 22.9 Å². The first-order valence-corrected chi connectivity index (χ1v) is 6.76. The lowest BCUT2D eigenvalue weighted by atomic mass is 9.86. The van der Waals surface area contributed by atoms with Gasteiger partial charge in [-0.1, -0.05) is 0 Å². The summed E-state index contributed by atoms with van der Waals surface area (Å²) < 4.78 is 31.3. The lowest BCUT2D eigenvalue weighted by molar-refractivity contribution is -0.129. The van der Waals surface area contributed by atoms with Gasteiger partial charge in [-0.25, -0.2) is 13.6 Å². The maximum absolute atomic E-state index is 13.0. The molecular formula is C14H17F2NO4. The summed E-state index contributed by atoms with van der Waals surface area (Å²) in [5.74, 6) is -3.87. The summed E-state index contributed by atoms with van der Waals surface area (Å²) in [6.07, 6.45) is -0.213. The van der Waals surface area contributed by atoms with Gasteiger partial charge in [0.15, 0.2) is 0 Å². The SMILES string of the molecule is Cc1oc(CNC(=O)C2CCC(F)(F)CC2)cc1C(=O)O. The van der Waals surface area contributed by atoms with Gasteiger partial charge in [-0.15, -0.1) is 0 Å². The first-order chi connectivity index (χ1) is 9.78. The van der Waals surface area contributed by atoms with Gasteiger partial charge < -0.3 is 14.8 Å². The van der Waals surface area contributed by atoms with E-state index in [1.807, 2.05) is 0 Å². The Bertz CT molecular complexity index is 543. The highest BCUT2D eigenvalue weighted by Gasteiger charge is 2.37. The van der Waals surface area contributed by atoms with Gasteiger partial charge in [0, 0.05) is 18.8 Å². The molecular weight excluding hydrogens is 284 g/mol. The van der Waals surface area contributed by atoms with Crippen molar-refractivity contribution < 1.29 is 27.9 Å². The summed E-state index contributed by atoms with van der Waals surface area (Å²) in [6, 6.07) is 1.35. The number of carbonyl (C=O) groups excluding carboxylic acids is 1. The molecule has 21 heavy (non-hydrogen) atoms. The number of rotatable bonds is 4. The van der Waals surface area contributed by atoms with Crippen molar-refractivity contribution in [3.05, 3.63) is 23.2 Å². The van der Waals surface area contributed by atoms with Gasteiger partial charge >= 0.3 is 5.97 Å². The predicted molar refractivity (Wildman–Crippen MR) is 69.2 cm³/mol. The van der Waals surface area contributed by atoms with Gasteiger partial charge in [0.05, 0.1) is 6.54 Å². The maximum atomic E-state index is 13.0. The molecule has 1 heterocycles. The van der Waals surface area contributed by atoms with E-state index in [-0.39, 0.29) is 49.5 Å². The van der Waals surface area contributed by atoms with Crippen molar-refractivity contribution in [2.45, 2.75) is 45.1 Å². The number of aromatic carboxylic acids is 1. The van der Waals surface area contributed by atoms with E-state index in [9.17, 15) is 18.4 Å². The summed E-state index contributed by atoms with van der Waals surface area (Å²) in [5, 5.41) is 11.5. The molecule has 1 aromatic heterocycles. The number of carbonyl (C=O) groups is 2. The summed E-state index contributed by atoms with van der Waals surface area (Å²) in [5.41, 5.74) is 0.0524. The zero-order valence-electron chi connectivity index (χ0n) is 11.6. The molecule has 1 aromatic rings. The van der Waals surface area contributed by atoms with Crippen LogP contribution in [0.25, 0.3) is 0 Å². The molecule has 1 fully saturated rings. The third-order valence-electron chi connectivity index (χ3n) is 3.72. The van der Waals surface area contributed by atoms with Crippen LogP contribution in [0, 0.1) is 12.8 Å². The molecule has 0 saturated heterocycles. The molecule has 1 saturated carbocycles. The second kappa shape index (κ2) is 5.83. The van der Waals surface area contributed by atoms with Crippen molar-refractivity contribution in [1.82, 2.24) is 5.32 Å². The molecule has 1 amide bonds. The van der Waals surface area contributed by atoms with Crippen LogP contribution in [0.4, 0.5) is 8.78 Å². The van der Waals surface area contributed by atoms with Crippen molar-refractivity contribution in [2.75, 3.05) is 0 Å². The number of amides is 1. The van der Waals surface area contributed by atoms with Gasteiger partial charge in [0.1, 0.15) is 17.1 Å². The summed E-state index contributed by atoms with van der Waals surface area (Å²) >= 11 is 0. The van der Waals surface area contributed by atoms with Crippen molar-refractivity contribution in [2.24, 2.45) is 5.92 Å². The first kappa shape index (κ1) is 15.5. The third kappa shape index (κ3) is 3.80. The molecule has 0 aromatic carbocycles. The molecule has 116 valence electrons. The summed E-state index contributed by atoms with van der Waals surface area (Å²) in [4.78, 5) is 22.8. The molecule has 0 aliphatic heterocycles. The van der Waals surface area contributed by atoms with Crippen LogP contribution in [0.2, 0.25) is 0 Å². The van der Waals surface area contributed by atoms with Crippen LogP contribution in [0.3, 0.4) is 0 Å². The lowest BCUT2D eigenvalue weighted by Gasteiger charge is -2.27. The third-order valence-corrected chi connectivity index (χ3v) is 3.72. The Kier molecular flexibility index (Phi) is 4.29. The number of nitrogens with one attached hydrogen (secondary N) is 1. The Morgan fingerprint density at radius 1 is 1.43 bits per heavy atom. The van der Waals surface area contributed by atoms with Gasteiger partial charge in [0.2, 0.25) is 11.8 Å². The number of carboxylic acids is 1. The molecule has 0 unspecified atom stereocenters. The number of aryl methyl sites for hydroxylation is 1. The highest BCUT2D eigenvalue weighted by molar-refractivity contribution is 5.88. The number of hydrogen-bond donors (Lipinski definition) is 2. The lowest BCUT2D eigenvalue weighted by Crippen LogP contribution is -2.35. The van der Waals surface area contributed by atoms with Gasteiger partial charge in [-0.3, -0.25) is 4.79 Å². The number of furan rings is 1. The van der Waals surface area contributed by atoms with Gasteiger partial charge in [-0.2, -0.15) is 0 Å². The van der Waals surface area contributed by atoms with Crippen LogP contribution in [-0.2, 0) is 11.3 Å². The van der Waals surface area contributed by atoms with Crippen LogP contribution < -0.4 is 5.32 Å². The zero-order chi connectivity index (χ0) is 15.6. The number of hydrogen-bond acceptors (Lipinski definition) is 3. The number of alkyl halides is 2. The molecule has 1 aliphatic rings. The fraction of sp³-hybridized carbons (Fsp3) is 0.571. The topological polar surface area (TPSA) is 79.5 Å². The Morgan fingerprint density at radius 3 is 2.57 bits per heavy atom. The fourth-order valence-electron chi connectivity index (χ4n) is 2.46. The molecule has 0 spiro atoms. The van der Waals surface area contributed by atoms with Crippen molar-refractivity contribution in [3.8, 4) is 0 Å². The van der Waals surface area contributed by atoms with Crippen LogP contribution >= 0.6 is 0 Å². The normalized spacial score (nSPS) is 18.4. The minimum atomic E-state index is -2.66. The standard InChI is InChI=1S/C14H17F2NO4/c1-8-11(13(19)20)6-10(21-8)7-17-12(18)9-2-4-14(15,16)5-3-9/h6,9H,2-5,7H2,1H3,(H,17,18)(H,19,20). The molecule has 5 nitrogen and oxygen atoms in total. The summed E-state index contributed by atoms with van der Waals surface area (Å²) in [6.45, 7) is 1.58. The van der Waals surface area contributed by atoms with E-state index in [2.05, 4.69) is 5.32 Å². The van der Waals surface area contributed by atoms with Crippen molar-refractivity contribution >= 4 is 11.9 Å². The average molecular weight is 301 g/mol. The van der Waals surface area contributed by atoms with Crippen LogP contribution in [0.1, 0.15) is 47.6 Å². The molecule has 0 atom stereocenters. The van der Waals surface area contributed by atoms with Crippen LogP contribution in [0.15, 0.2) is 10.5 Å². The van der Waals surface area contributed by atoms with Crippen molar-refractivity contribution in [3.63, 3.8) is 0 Å². The first-order valence-electron chi connectivity index (χ1n) is 6.76. The van der Waals surface area contributed by atoms with E-state index in [1.165, 1.54) is 13.0 Å². The minimum absolute atomic E-state index is 0.0524. The predicted octanol–water partition coefficient (Wildman–Crippen LogP) is 2.73. The van der Waals surface area contributed by atoms with E-state index in [1.54, 1.807) is 0 Å². The van der Waals surface area contributed by atoms with Crippen molar-refractivity contribution in [1.29, 1.82) is 0 Å². The Labute approximate surface area is 120 Å². The highest BCUT2D eigenvalue weighted by atomic mass is 19.3. The largest absolute Gasteiger partial charge is 0.478 e. The highest BCUT2D eigenvalue weighted by Crippen LogP contribution is 2.36. The maximum Gasteiger partial charge on any atom is 0.339 e. The fourth-order valence-corrected chi connectivity index (χ4v) is 2.46. The molecule has 0 bridgehead atoms. The second-order valence-corrected chi connectivity index (χ2v) is 5.34. The number of carboxylic acid groups (broad SMARTS) is 1. The second-order valence-electron chi connectivity index (χ2n) is 5.34. The van der Waals surface area contributed by atoms with E-state index in [4.69, 9.17) is 9.52 Å². The zero-order valence-corrected chi connectivity index (χ0v) is 11.6. The van der Waals surface area contributed by atoms with Crippen LogP contribution in [0.5, 0.6) is 0 Å². The molecule has 0 radical (unpaired) electrons. The Balaban J connectivity index is 1.87. The number of halogens is 2. The molecule has 2 rings (SSSR count). The molecule has 1 aliphatic carbocycles. The average Bonchev–Trinajstić information content (AvgIpc) is 2.77. The molecule has 2 N–H and O–H groups in total. The van der Waals surface area contributed by atoms with E-state index >= 15 is 0 Å². The quantitative estimate of drug-likeness (QED) is 0.896. The summed E-state index contributed by atoms with van der Waals surface area (Å²) in [7, 11) is 0. The van der Waals surface area contributed by atoms with E-state index in [0.717, 1.165) is 0 Å². The van der Waals surface area contributed by atoms with Gasteiger partial charge in [0.25, 0.3) is 0 Å². The monoisotopic (exact) mass is 301 g/mol. The van der Waals surface area contributed by atoms with E-state index < -0.39 is 17.8 Å². The Hall–Kier alpha value is -1.92. The smallest absolute Gasteiger partial charge is 0.339 e.